The summed E-state index contributed by atoms with van der Waals surface area (Å²) in [6.07, 6.45) is 4.48. The highest BCUT2D eigenvalue weighted by atomic mass is 14.1. The minimum absolute atomic E-state index is 1.12. The van der Waals surface area contributed by atoms with Crippen LogP contribution in [-0.4, -0.2) is 0 Å². The number of benzene rings is 2. The molecule has 0 atom stereocenters. The second kappa shape index (κ2) is 6.74. The van der Waals surface area contributed by atoms with Gasteiger partial charge in [-0.1, -0.05) is 64.1 Å². The van der Waals surface area contributed by atoms with E-state index >= 15 is 0 Å². The molecule has 2 aromatic carbocycles. The van der Waals surface area contributed by atoms with E-state index in [0.717, 1.165) is 25.7 Å². The molecule has 0 amide bonds. The van der Waals surface area contributed by atoms with Crippen molar-refractivity contribution in [3.8, 4) is 11.1 Å². The van der Waals surface area contributed by atoms with Crippen molar-refractivity contribution in [3.05, 3.63) is 58.7 Å². The van der Waals surface area contributed by atoms with Gasteiger partial charge in [0.05, 0.1) is 0 Å². The lowest BCUT2D eigenvalue weighted by atomic mass is 9.93. The van der Waals surface area contributed by atoms with E-state index in [9.17, 15) is 0 Å². The zero-order chi connectivity index (χ0) is 14.5. The largest absolute Gasteiger partial charge is 0.0613 e. The average Bonchev–Trinajstić information content (AvgIpc) is 2.53. The molecule has 0 saturated carbocycles. The third-order valence-electron chi connectivity index (χ3n) is 4.27. The zero-order valence-corrected chi connectivity index (χ0v) is 13.3. The summed E-state index contributed by atoms with van der Waals surface area (Å²) in [5, 5.41) is 0. The predicted molar refractivity (Wildman–Crippen MR) is 89.4 cm³/mol. The van der Waals surface area contributed by atoms with Gasteiger partial charge in [-0.05, 0) is 59.1 Å². The van der Waals surface area contributed by atoms with Crippen LogP contribution in [0.2, 0.25) is 0 Å². The highest BCUT2D eigenvalue weighted by Crippen LogP contribution is 2.26. The van der Waals surface area contributed by atoms with Crippen LogP contribution in [0.5, 0.6) is 0 Å². The lowest BCUT2D eigenvalue weighted by molar-refractivity contribution is 1.03. The van der Waals surface area contributed by atoms with E-state index in [2.05, 4.69) is 64.1 Å². The Balaban J connectivity index is 2.46. The number of hydrogen-bond donors (Lipinski definition) is 0. The van der Waals surface area contributed by atoms with Crippen LogP contribution in [0.15, 0.2) is 36.4 Å². The van der Waals surface area contributed by atoms with Crippen LogP contribution in [0.3, 0.4) is 0 Å². The molecule has 0 aromatic heterocycles. The Bertz CT molecular complexity index is 525. The van der Waals surface area contributed by atoms with Gasteiger partial charge in [-0.25, -0.2) is 0 Å². The quantitative estimate of drug-likeness (QED) is 0.660. The minimum Gasteiger partial charge on any atom is -0.0613 e. The molecular weight excluding hydrogens is 240 g/mol. The van der Waals surface area contributed by atoms with Crippen molar-refractivity contribution >= 4 is 0 Å². The normalized spacial score (nSPS) is 10.8. The molecule has 2 rings (SSSR count). The third kappa shape index (κ3) is 2.95. The van der Waals surface area contributed by atoms with Gasteiger partial charge in [0.2, 0.25) is 0 Å². The standard InChI is InChI=1S/C20H26/c1-5-15-9-11-19(13-17(15)7-3)20-12-10-16(6-2)18(8-4)14-20/h9-14H,5-8H2,1-4H3. The average molecular weight is 266 g/mol. The zero-order valence-electron chi connectivity index (χ0n) is 13.3. The van der Waals surface area contributed by atoms with Crippen molar-refractivity contribution in [2.75, 3.05) is 0 Å². The summed E-state index contributed by atoms with van der Waals surface area (Å²) >= 11 is 0. The Labute approximate surface area is 123 Å². The van der Waals surface area contributed by atoms with Crippen molar-refractivity contribution in [3.63, 3.8) is 0 Å². The van der Waals surface area contributed by atoms with Crippen LogP contribution >= 0.6 is 0 Å². The molecule has 0 fully saturated rings. The minimum atomic E-state index is 1.12. The maximum absolute atomic E-state index is 2.37. The molecule has 106 valence electrons. The van der Waals surface area contributed by atoms with Gasteiger partial charge in [0.1, 0.15) is 0 Å². The fraction of sp³-hybridized carbons (Fsp3) is 0.400. The summed E-state index contributed by atoms with van der Waals surface area (Å²) in [5.41, 5.74) is 8.66. The van der Waals surface area contributed by atoms with Gasteiger partial charge in [-0.15, -0.1) is 0 Å². The van der Waals surface area contributed by atoms with Gasteiger partial charge >= 0.3 is 0 Å². The van der Waals surface area contributed by atoms with E-state index in [1.807, 2.05) is 0 Å². The maximum Gasteiger partial charge on any atom is -0.0181 e. The first kappa shape index (κ1) is 14.8. The van der Waals surface area contributed by atoms with E-state index in [-0.39, 0.29) is 0 Å². The molecule has 0 spiro atoms. The molecule has 0 unspecified atom stereocenters. The second-order valence-electron chi connectivity index (χ2n) is 5.38. The van der Waals surface area contributed by atoms with Crippen LogP contribution in [0.1, 0.15) is 49.9 Å². The first-order valence-corrected chi connectivity index (χ1v) is 7.97. The molecule has 0 aliphatic carbocycles. The Morgan fingerprint density at radius 1 is 0.500 bits per heavy atom. The summed E-state index contributed by atoms with van der Waals surface area (Å²) in [6, 6.07) is 13.9. The van der Waals surface area contributed by atoms with E-state index < -0.39 is 0 Å². The topological polar surface area (TPSA) is 0 Å². The highest BCUT2D eigenvalue weighted by molar-refractivity contribution is 5.66. The number of rotatable bonds is 5. The van der Waals surface area contributed by atoms with E-state index in [4.69, 9.17) is 0 Å². The molecule has 20 heavy (non-hydrogen) atoms. The predicted octanol–water partition coefficient (Wildman–Crippen LogP) is 5.60. The smallest absolute Gasteiger partial charge is 0.0181 e. The lowest BCUT2D eigenvalue weighted by Gasteiger charge is -2.12. The van der Waals surface area contributed by atoms with Crippen molar-refractivity contribution in [2.24, 2.45) is 0 Å². The molecule has 0 bridgehead atoms. The Kier molecular flexibility index (Phi) is 5.00. The SMILES string of the molecule is CCc1ccc(-c2ccc(CC)c(CC)c2)cc1CC. The van der Waals surface area contributed by atoms with Gasteiger partial charge in [0, 0.05) is 0 Å². The van der Waals surface area contributed by atoms with E-state index in [0.29, 0.717) is 0 Å². The van der Waals surface area contributed by atoms with Gasteiger partial charge < -0.3 is 0 Å². The van der Waals surface area contributed by atoms with Crippen LogP contribution in [0.4, 0.5) is 0 Å². The van der Waals surface area contributed by atoms with Gasteiger partial charge in [0.25, 0.3) is 0 Å². The lowest BCUT2D eigenvalue weighted by Crippen LogP contribution is -1.94. The number of hydrogen-bond acceptors (Lipinski definition) is 0. The monoisotopic (exact) mass is 266 g/mol. The second-order valence-corrected chi connectivity index (χ2v) is 5.38. The summed E-state index contributed by atoms with van der Waals surface area (Å²) in [6.45, 7) is 8.96. The first-order valence-electron chi connectivity index (χ1n) is 7.97. The van der Waals surface area contributed by atoms with Crippen LogP contribution < -0.4 is 0 Å². The molecular formula is C20H26. The number of aryl methyl sites for hydroxylation is 4. The first-order chi connectivity index (χ1) is 9.73. The fourth-order valence-corrected chi connectivity index (χ4v) is 2.96. The molecule has 0 N–H and O–H groups in total. The maximum atomic E-state index is 2.37. The van der Waals surface area contributed by atoms with Gasteiger partial charge in [-0.2, -0.15) is 0 Å². The molecule has 0 saturated heterocycles. The van der Waals surface area contributed by atoms with Gasteiger partial charge in [-0.3, -0.25) is 0 Å². The Hall–Kier alpha value is -1.56. The van der Waals surface area contributed by atoms with Gasteiger partial charge in [0.15, 0.2) is 0 Å². The summed E-state index contributed by atoms with van der Waals surface area (Å²) < 4.78 is 0. The summed E-state index contributed by atoms with van der Waals surface area (Å²) in [5.74, 6) is 0. The molecule has 0 radical (unpaired) electrons. The van der Waals surface area contributed by atoms with Crippen molar-refractivity contribution < 1.29 is 0 Å². The van der Waals surface area contributed by atoms with Crippen molar-refractivity contribution in [1.29, 1.82) is 0 Å². The van der Waals surface area contributed by atoms with Crippen LogP contribution in [0, 0.1) is 0 Å². The van der Waals surface area contributed by atoms with E-state index in [1.165, 1.54) is 33.4 Å². The van der Waals surface area contributed by atoms with Crippen molar-refractivity contribution in [2.45, 2.75) is 53.4 Å². The van der Waals surface area contributed by atoms with Crippen molar-refractivity contribution in [1.82, 2.24) is 0 Å². The Morgan fingerprint density at radius 3 is 1.15 bits per heavy atom. The van der Waals surface area contributed by atoms with Crippen LogP contribution in [-0.2, 0) is 25.7 Å². The Morgan fingerprint density at radius 2 is 0.850 bits per heavy atom. The molecule has 0 heterocycles. The fourth-order valence-electron chi connectivity index (χ4n) is 2.96. The molecule has 0 heteroatoms. The summed E-state index contributed by atoms with van der Waals surface area (Å²) in [7, 11) is 0. The summed E-state index contributed by atoms with van der Waals surface area (Å²) in [4.78, 5) is 0. The van der Waals surface area contributed by atoms with Crippen LogP contribution in [0.25, 0.3) is 11.1 Å². The third-order valence-corrected chi connectivity index (χ3v) is 4.27. The molecule has 2 aromatic rings. The molecule has 0 aliphatic heterocycles. The molecule has 0 nitrogen and oxygen atoms in total. The highest BCUT2D eigenvalue weighted by Gasteiger charge is 2.06. The van der Waals surface area contributed by atoms with E-state index in [1.54, 1.807) is 0 Å². The molecule has 0 aliphatic rings.